The molecule has 2 aromatic carbocycles. The molecule has 0 atom stereocenters. The third-order valence-electron chi connectivity index (χ3n) is 5.21. The molecule has 10 heteroatoms. The molecule has 0 spiro atoms. The lowest BCUT2D eigenvalue weighted by Gasteiger charge is -2.14. The summed E-state index contributed by atoms with van der Waals surface area (Å²) in [6.07, 6.45) is 0. The minimum atomic E-state index is -3.98. The Morgan fingerprint density at radius 3 is 2.39 bits per heavy atom. The molecule has 2 aromatic heterocycles. The first-order valence-corrected chi connectivity index (χ1v) is 11.5. The van der Waals surface area contributed by atoms with Gasteiger partial charge in [0.1, 0.15) is 17.2 Å². The summed E-state index contributed by atoms with van der Waals surface area (Å²) in [5.74, 6) is -0.0154. The molecule has 2 heterocycles. The van der Waals surface area contributed by atoms with E-state index in [1.165, 1.54) is 41.1 Å². The summed E-state index contributed by atoms with van der Waals surface area (Å²) in [6, 6.07) is 11.6. The quantitative estimate of drug-likeness (QED) is 0.473. The van der Waals surface area contributed by atoms with E-state index in [0.29, 0.717) is 39.5 Å². The van der Waals surface area contributed by atoms with Crippen LogP contribution in [-0.2, 0) is 10.0 Å². The maximum absolute atomic E-state index is 13.4. The molecule has 0 radical (unpaired) electrons. The van der Waals surface area contributed by atoms with Crippen LogP contribution in [0.2, 0.25) is 0 Å². The minimum absolute atomic E-state index is 0.0422. The molecule has 4 aromatic rings. The van der Waals surface area contributed by atoms with E-state index in [1.807, 2.05) is 0 Å². The molecule has 0 aliphatic rings. The van der Waals surface area contributed by atoms with Gasteiger partial charge in [0.05, 0.1) is 16.3 Å². The van der Waals surface area contributed by atoms with Crippen LogP contribution in [0.5, 0.6) is 0 Å². The highest BCUT2D eigenvalue weighted by molar-refractivity contribution is 7.92. The molecule has 0 aliphatic heterocycles. The molecule has 0 fully saturated rings. The summed E-state index contributed by atoms with van der Waals surface area (Å²) in [5.41, 5.74) is 2.72. The van der Waals surface area contributed by atoms with E-state index in [9.17, 15) is 17.6 Å². The topological polar surface area (TPSA) is 107 Å². The van der Waals surface area contributed by atoms with Crippen molar-refractivity contribution in [3.8, 4) is 16.9 Å². The summed E-state index contributed by atoms with van der Waals surface area (Å²) < 4.78 is 48.5. The van der Waals surface area contributed by atoms with Gasteiger partial charge in [-0.2, -0.15) is 9.78 Å². The number of nitrogens with one attached hydrogen (secondary N) is 1. The third-order valence-corrected chi connectivity index (χ3v) is 6.72. The van der Waals surface area contributed by atoms with Crippen molar-refractivity contribution in [3.05, 3.63) is 87.3 Å². The number of rotatable bonds is 5. The molecule has 4 rings (SSSR count). The maximum Gasteiger partial charge on any atom is 0.271 e. The number of halogens is 1. The van der Waals surface area contributed by atoms with Crippen LogP contribution in [0, 0.1) is 33.5 Å². The summed E-state index contributed by atoms with van der Waals surface area (Å²) in [7, 11) is -3.98. The van der Waals surface area contributed by atoms with Gasteiger partial charge in [-0.25, -0.2) is 12.8 Å². The van der Waals surface area contributed by atoms with E-state index >= 15 is 0 Å². The molecular formula is C23H21FN4O4S. The molecule has 0 unspecified atom stereocenters. The Balaban J connectivity index is 1.78. The van der Waals surface area contributed by atoms with Crippen LogP contribution in [0.15, 0.2) is 62.7 Å². The molecule has 1 N–H and O–H groups in total. The van der Waals surface area contributed by atoms with Crippen LogP contribution >= 0.6 is 0 Å². The van der Waals surface area contributed by atoms with Crippen LogP contribution in [0.25, 0.3) is 16.9 Å². The monoisotopic (exact) mass is 468 g/mol. The van der Waals surface area contributed by atoms with Crippen molar-refractivity contribution in [2.24, 2.45) is 0 Å². The van der Waals surface area contributed by atoms with Gasteiger partial charge < -0.3 is 4.52 Å². The van der Waals surface area contributed by atoms with Gasteiger partial charge in [0.2, 0.25) is 0 Å². The third kappa shape index (κ3) is 4.29. The van der Waals surface area contributed by atoms with Crippen LogP contribution in [0.1, 0.15) is 22.6 Å². The molecule has 33 heavy (non-hydrogen) atoms. The van der Waals surface area contributed by atoms with Gasteiger partial charge in [0.15, 0.2) is 5.76 Å². The lowest BCUT2D eigenvalue weighted by molar-refractivity contribution is 0.392. The maximum atomic E-state index is 13.4. The number of aryl methyl sites for hydroxylation is 4. The van der Waals surface area contributed by atoms with E-state index in [1.54, 1.807) is 39.8 Å². The van der Waals surface area contributed by atoms with Crippen molar-refractivity contribution in [3.63, 3.8) is 0 Å². The number of benzene rings is 2. The highest BCUT2D eigenvalue weighted by Crippen LogP contribution is 2.27. The Morgan fingerprint density at radius 2 is 1.73 bits per heavy atom. The molecule has 0 bridgehead atoms. The Hall–Kier alpha value is -3.79. The molecular weight excluding hydrogens is 447 g/mol. The van der Waals surface area contributed by atoms with Crippen molar-refractivity contribution in [1.29, 1.82) is 0 Å². The standard InChI is InChI=1S/C23H21FN4O4S/c1-13-5-6-17(12-21(13)33(30,31)27-19-8-7-18(24)11-14(19)2)20-9-10-22(29)28(25-20)23-15(3)26-32-16(23)4/h5-12,27H,1-4H3. The highest BCUT2D eigenvalue weighted by Gasteiger charge is 2.20. The Labute approximate surface area is 189 Å². The fourth-order valence-corrected chi connectivity index (χ4v) is 4.90. The van der Waals surface area contributed by atoms with Crippen molar-refractivity contribution in [1.82, 2.24) is 14.9 Å². The Morgan fingerprint density at radius 1 is 0.970 bits per heavy atom. The minimum Gasteiger partial charge on any atom is -0.359 e. The largest absolute Gasteiger partial charge is 0.359 e. The normalized spacial score (nSPS) is 11.5. The number of hydrogen-bond donors (Lipinski definition) is 1. The second-order valence-corrected chi connectivity index (χ2v) is 9.34. The fraction of sp³-hybridized carbons (Fsp3) is 0.174. The smallest absolute Gasteiger partial charge is 0.271 e. The van der Waals surface area contributed by atoms with Gasteiger partial charge in [-0.15, -0.1) is 0 Å². The molecule has 0 saturated carbocycles. The number of nitrogens with zero attached hydrogens (tertiary/aromatic N) is 3. The van der Waals surface area contributed by atoms with Gasteiger partial charge in [-0.3, -0.25) is 9.52 Å². The first-order valence-electron chi connectivity index (χ1n) is 10.0. The molecule has 0 amide bonds. The van der Waals surface area contributed by atoms with E-state index in [4.69, 9.17) is 4.52 Å². The molecule has 0 aliphatic carbocycles. The van der Waals surface area contributed by atoms with E-state index < -0.39 is 15.8 Å². The summed E-state index contributed by atoms with van der Waals surface area (Å²) >= 11 is 0. The van der Waals surface area contributed by atoms with Crippen LogP contribution in [-0.4, -0.2) is 23.4 Å². The second kappa shape index (κ2) is 8.28. The van der Waals surface area contributed by atoms with Crippen molar-refractivity contribution < 1.29 is 17.3 Å². The molecule has 170 valence electrons. The Kier molecular flexibility index (Phi) is 5.62. The lowest BCUT2D eigenvalue weighted by atomic mass is 10.1. The number of hydrogen-bond acceptors (Lipinski definition) is 6. The number of sulfonamides is 1. The van der Waals surface area contributed by atoms with Gasteiger partial charge in [0.25, 0.3) is 15.6 Å². The summed E-state index contributed by atoms with van der Waals surface area (Å²) in [6.45, 7) is 6.67. The first kappa shape index (κ1) is 22.4. The summed E-state index contributed by atoms with van der Waals surface area (Å²) in [4.78, 5) is 12.5. The Bertz CT molecular complexity index is 1520. The number of anilines is 1. The van der Waals surface area contributed by atoms with E-state index in [0.717, 1.165) is 0 Å². The molecule has 0 saturated heterocycles. The van der Waals surface area contributed by atoms with Crippen molar-refractivity contribution >= 4 is 15.7 Å². The zero-order chi connectivity index (χ0) is 23.9. The van der Waals surface area contributed by atoms with Crippen LogP contribution in [0.3, 0.4) is 0 Å². The fourth-order valence-electron chi connectivity index (χ4n) is 3.50. The van der Waals surface area contributed by atoms with Gasteiger partial charge in [-0.05, 0) is 69.2 Å². The summed E-state index contributed by atoms with van der Waals surface area (Å²) in [5, 5.41) is 8.28. The molecule has 8 nitrogen and oxygen atoms in total. The van der Waals surface area contributed by atoms with Crippen LogP contribution in [0.4, 0.5) is 10.1 Å². The first-order chi connectivity index (χ1) is 15.6. The average Bonchev–Trinajstić information content (AvgIpc) is 3.09. The number of aromatic nitrogens is 3. The van der Waals surface area contributed by atoms with Crippen molar-refractivity contribution in [2.45, 2.75) is 32.6 Å². The predicted octanol–water partition coefficient (Wildman–Crippen LogP) is 4.06. The second-order valence-electron chi connectivity index (χ2n) is 7.69. The van der Waals surface area contributed by atoms with E-state index in [-0.39, 0.29) is 16.1 Å². The predicted molar refractivity (Wildman–Crippen MR) is 121 cm³/mol. The van der Waals surface area contributed by atoms with Gasteiger partial charge in [-0.1, -0.05) is 17.3 Å². The zero-order valence-electron chi connectivity index (χ0n) is 18.4. The SMILES string of the molecule is Cc1cc(F)ccc1NS(=O)(=O)c1cc(-c2ccc(=O)n(-c3c(C)noc3C)n2)ccc1C. The van der Waals surface area contributed by atoms with Gasteiger partial charge in [0, 0.05) is 11.6 Å². The lowest BCUT2D eigenvalue weighted by Crippen LogP contribution is -2.21. The van der Waals surface area contributed by atoms with Crippen LogP contribution < -0.4 is 10.3 Å². The van der Waals surface area contributed by atoms with Crippen molar-refractivity contribution in [2.75, 3.05) is 4.72 Å². The van der Waals surface area contributed by atoms with E-state index in [2.05, 4.69) is 15.0 Å². The average molecular weight is 469 g/mol. The van der Waals surface area contributed by atoms with Gasteiger partial charge >= 0.3 is 0 Å². The highest BCUT2D eigenvalue weighted by atomic mass is 32.2. The zero-order valence-corrected chi connectivity index (χ0v) is 19.2.